The lowest BCUT2D eigenvalue weighted by molar-refractivity contribution is -0.150. The Bertz CT molecular complexity index is 415. The number of carbonyl (C=O) groups is 2. The molecule has 1 fully saturated rings. The molecule has 0 unspecified atom stereocenters. The molecule has 1 saturated heterocycles. The van der Waals surface area contributed by atoms with Gasteiger partial charge in [0.2, 0.25) is 5.91 Å². The summed E-state index contributed by atoms with van der Waals surface area (Å²) in [6.07, 6.45) is 0.659. The molecule has 1 aromatic heterocycles. The average Bonchev–Trinajstić information content (AvgIpc) is 2.95. The van der Waals surface area contributed by atoms with E-state index in [0.717, 1.165) is 0 Å². The molecule has 0 bridgehead atoms. The van der Waals surface area contributed by atoms with E-state index in [4.69, 9.17) is 4.74 Å². The van der Waals surface area contributed by atoms with Crippen molar-refractivity contribution in [3.8, 4) is 0 Å². The first-order chi connectivity index (χ1) is 8.13. The largest absolute Gasteiger partial charge is 0.467 e. The van der Waals surface area contributed by atoms with Gasteiger partial charge in [-0.1, -0.05) is 6.07 Å². The normalized spacial score (nSPS) is 23.8. The second-order valence-electron chi connectivity index (χ2n) is 4.16. The minimum Gasteiger partial charge on any atom is -0.467 e. The highest BCUT2D eigenvalue weighted by Gasteiger charge is 2.39. The van der Waals surface area contributed by atoms with E-state index in [9.17, 15) is 9.59 Å². The van der Waals surface area contributed by atoms with E-state index in [1.807, 2.05) is 17.5 Å². The monoisotopic (exact) mass is 253 g/mol. The Labute approximate surface area is 104 Å². The number of esters is 1. The number of hydrogen-bond acceptors (Lipinski definition) is 4. The van der Waals surface area contributed by atoms with Crippen LogP contribution in [0.2, 0.25) is 0 Å². The van der Waals surface area contributed by atoms with Crippen molar-refractivity contribution in [2.75, 3.05) is 13.7 Å². The summed E-state index contributed by atoms with van der Waals surface area (Å²) in [5, 5.41) is 2.01. The quantitative estimate of drug-likeness (QED) is 0.752. The van der Waals surface area contributed by atoms with Crippen LogP contribution in [0, 0.1) is 0 Å². The van der Waals surface area contributed by atoms with Gasteiger partial charge in [-0.15, -0.1) is 11.3 Å². The van der Waals surface area contributed by atoms with E-state index in [0.29, 0.717) is 13.0 Å². The molecular weight excluding hydrogens is 238 g/mol. The van der Waals surface area contributed by atoms with Crippen LogP contribution in [-0.4, -0.2) is 36.5 Å². The third kappa shape index (κ3) is 2.34. The van der Waals surface area contributed by atoms with Gasteiger partial charge in [-0.2, -0.15) is 0 Å². The second kappa shape index (κ2) is 4.87. The third-order valence-electron chi connectivity index (χ3n) is 3.12. The van der Waals surface area contributed by atoms with Gasteiger partial charge in [-0.05, 0) is 17.9 Å². The minimum absolute atomic E-state index is 0.0699. The van der Waals surface area contributed by atoms with Gasteiger partial charge in [0.05, 0.1) is 7.11 Å². The van der Waals surface area contributed by atoms with Crippen LogP contribution in [0.4, 0.5) is 0 Å². The van der Waals surface area contributed by atoms with Gasteiger partial charge in [-0.25, -0.2) is 4.79 Å². The molecule has 1 aromatic rings. The molecule has 4 nitrogen and oxygen atoms in total. The second-order valence-corrected chi connectivity index (χ2v) is 5.14. The number of amides is 1. The van der Waals surface area contributed by atoms with Crippen molar-refractivity contribution in [3.05, 3.63) is 22.4 Å². The predicted molar refractivity (Wildman–Crippen MR) is 64.9 cm³/mol. The highest BCUT2D eigenvalue weighted by Crippen LogP contribution is 2.34. The molecule has 5 heteroatoms. The maximum absolute atomic E-state index is 11.6. The molecular formula is C12H15NO3S. The molecule has 17 heavy (non-hydrogen) atoms. The summed E-state index contributed by atoms with van der Waals surface area (Å²) in [7, 11) is 1.36. The molecule has 1 aliphatic rings. The Morgan fingerprint density at radius 2 is 2.29 bits per heavy atom. The maximum atomic E-state index is 11.6. The van der Waals surface area contributed by atoms with Crippen LogP contribution in [0.15, 0.2) is 17.5 Å². The minimum atomic E-state index is -0.426. The summed E-state index contributed by atoms with van der Waals surface area (Å²) >= 11 is 1.67. The zero-order valence-corrected chi connectivity index (χ0v) is 10.7. The van der Waals surface area contributed by atoms with Gasteiger partial charge in [0.15, 0.2) is 0 Å². The van der Waals surface area contributed by atoms with Gasteiger partial charge in [0, 0.05) is 24.3 Å². The number of thiophene rings is 1. The zero-order chi connectivity index (χ0) is 12.4. The van der Waals surface area contributed by atoms with Crippen molar-refractivity contribution in [2.45, 2.75) is 25.3 Å². The fraction of sp³-hybridized carbons (Fsp3) is 0.500. The third-order valence-corrected chi connectivity index (χ3v) is 4.16. The average molecular weight is 253 g/mol. The van der Waals surface area contributed by atoms with Crippen LogP contribution >= 0.6 is 11.3 Å². The number of ether oxygens (including phenoxy) is 1. The number of carbonyl (C=O) groups excluding carboxylic acids is 2. The molecule has 0 radical (unpaired) electrons. The first-order valence-corrected chi connectivity index (χ1v) is 6.40. The van der Waals surface area contributed by atoms with Crippen molar-refractivity contribution in [2.24, 2.45) is 0 Å². The first-order valence-electron chi connectivity index (χ1n) is 5.52. The lowest BCUT2D eigenvalue weighted by Crippen LogP contribution is -2.39. The fourth-order valence-electron chi connectivity index (χ4n) is 2.27. The van der Waals surface area contributed by atoms with Crippen LogP contribution in [0.1, 0.15) is 24.1 Å². The van der Waals surface area contributed by atoms with Gasteiger partial charge in [-0.3, -0.25) is 4.79 Å². The molecule has 2 heterocycles. The van der Waals surface area contributed by atoms with Gasteiger partial charge in [0.1, 0.15) is 6.04 Å². The van der Waals surface area contributed by atoms with Crippen LogP contribution in [-0.2, 0) is 14.3 Å². The summed E-state index contributed by atoms with van der Waals surface area (Å²) in [4.78, 5) is 26.0. The van der Waals surface area contributed by atoms with Crippen molar-refractivity contribution in [1.29, 1.82) is 0 Å². The molecule has 1 amide bonds. The SMILES string of the molecule is COC(=O)[C@@H]1C[C@H](c2cccs2)CN1C(C)=O. The molecule has 92 valence electrons. The summed E-state index contributed by atoms with van der Waals surface area (Å²) in [6, 6.07) is 3.61. The predicted octanol–water partition coefficient (Wildman–Crippen LogP) is 1.63. The summed E-state index contributed by atoms with van der Waals surface area (Å²) in [5.74, 6) is -0.137. The molecule has 0 aliphatic carbocycles. The number of nitrogens with zero attached hydrogens (tertiary/aromatic N) is 1. The van der Waals surface area contributed by atoms with Crippen LogP contribution in [0.25, 0.3) is 0 Å². The van der Waals surface area contributed by atoms with Crippen molar-refractivity contribution < 1.29 is 14.3 Å². The highest BCUT2D eigenvalue weighted by atomic mass is 32.1. The molecule has 2 rings (SSSR count). The van der Waals surface area contributed by atoms with E-state index in [1.165, 1.54) is 18.9 Å². The van der Waals surface area contributed by atoms with E-state index < -0.39 is 6.04 Å². The Morgan fingerprint density at radius 3 is 2.82 bits per heavy atom. The van der Waals surface area contributed by atoms with Gasteiger partial charge >= 0.3 is 5.97 Å². The van der Waals surface area contributed by atoms with Crippen LogP contribution < -0.4 is 0 Å². The van der Waals surface area contributed by atoms with Crippen molar-refractivity contribution >= 4 is 23.2 Å². The Balaban J connectivity index is 2.17. The Kier molecular flexibility index (Phi) is 3.47. The summed E-state index contributed by atoms with van der Waals surface area (Å²) in [6.45, 7) is 2.10. The Morgan fingerprint density at radius 1 is 1.53 bits per heavy atom. The van der Waals surface area contributed by atoms with E-state index in [1.54, 1.807) is 16.2 Å². The number of likely N-dealkylation sites (tertiary alicyclic amines) is 1. The van der Waals surface area contributed by atoms with Gasteiger partial charge in [0.25, 0.3) is 0 Å². The van der Waals surface area contributed by atoms with E-state index in [2.05, 4.69) is 0 Å². The lowest BCUT2D eigenvalue weighted by Gasteiger charge is -2.20. The molecule has 0 spiro atoms. The zero-order valence-electron chi connectivity index (χ0n) is 9.88. The number of rotatable bonds is 2. The van der Waals surface area contributed by atoms with Crippen LogP contribution in [0.5, 0.6) is 0 Å². The number of hydrogen-bond donors (Lipinski definition) is 0. The standard InChI is InChI=1S/C12H15NO3S/c1-8(14)13-7-9(11-4-3-5-17-11)6-10(13)12(15)16-2/h3-5,9-10H,6-7H2,1-2H3/t9-,10-/m0/s1. The molecule has 0 aromatic carbocycles. The first kappa shape index (κ1) is 12.1. The van der Waals surface area contributed by atoms with Crippen LogP contribution in [0.3, 0.4) is 0 Å². The fourth-order valence-corrected chi connectivity index (χ4v) is 3.11. The molecule has 0 N–H and O–H groups in total. The topological polar surface area (TPSA) is 46.6 Å². The van der Waals surface area contributed by atoms with Crippen molar-refractivity contribution in [3.63, 3.8) is 0 Å². The smallest absolute Gasteiger partial charge is 0.328 e. The molecule has 1 aliphatic heterocycles. The highest BCUT2D eigenvalue weighted by molar-refractivity contribution is 7.10. The van der Waals surface area contributed by atoms with E-state index in [-0.39, 0.29) is 17.8 Å². The van der Waals surface area contributed by atoms with Crippen molar-refractivity contribution in [1.82, 2.24) is 4.90 Å². The van der Waals surface area contributed by atoms with E-state index >= 15 is 0 Å². The van der Waals surface area contributed by atoms with Gasteiger partial charge < -0.3 is 9.64 Å². The maximum Gasteiger partial charge on any atom is 0.328 e. The summed E-state index contributed by atoms with van der Waals surface area (Å²) in [5.41, 5.74) is 0. The lowest BCUT2D eigenvalue weighted by atomic mass is 10.0. The summed E-state index contributed by atoms with van der Waals surface area (Å²) < 4.78 is 4.75. The Hall–Kier alpha value is -1.36. The number of methoxy groups -OCH3 is 1. The molecule has 2 atom stereocenters. The molecule has 0 saturated carbocycles.